The molecule has 0 bridgehead atoms. The zero-order valence-corrected chi connectivity index (χ0v) is 11.2. The summed E-state index contributed by atoms with van der Waals surface area (Å²) in [5.74, 6) is 1.64. The Morgan fingerprint density at radius 2 is 2.33 bits per heavy atom. The fourth-order valence-electron chi connectivity index (χ4n) is 1.69. The van der Waals surface area contributed by atoms with E-state index in [4.69, 9.17) is 11.6 Å². The van der Waals surface area contributed by atoms with Crippen molar-refractivity contribution in [2.45, 2.75) is 20.3 Å². The predicted molar refractivity (Wildman–Crippen MR) is 67.3 cm³/mol. The minimum absolute atomic E-state index is 0.506. The third kappa shape index (κ3) is 2.64. The fraction of sp³-hybridized carbons (Fsp3) is 0.545. The summed E-state index contributed by atoms with van der Waals surface area (Å²) < 4.78 is 0.924. The van der Waals surface area contributed by atoms with Gasteiger partial charge in [-0.25, -0.2) is 4.98 Å². The number of halogens is 2. The van der Waals surface area contributed by atoms with E-state index in [9.17, 15) is 0 Å². The average molecular weight is 290 g/mol. The van der Waals surface area contributed by atoms with Crippen LogP contribution in [-0.4, -0.2) is 11.5 Å². The van der Waals surface area contributed by atoms with Crippen molar-refractivity contribution < 1.29 is 0 Å². The van der Waals surface area contributed by atoms with Crippen molar-refractivity contribution in [3.8, 4) is 0 Å². The maximum absolute atomic E-state index is 5.82. The summed E-state index contributed by atoms with van der Waals surface area (Å²) in [6.07, 6.45) is 2.96. The van der Waals surface area contributed by atoms with E-state index in [0.717, 1.165) is 22.8 Å². The molecule has 1 N–H and O–H groups in total. The molecule has 0 aliphatic heterocycles. The fourth-order valence-corrected chi connectivity index (χ4v) is 2.47. The highest BCUT2D eigenvalue weighted by molar-refractivity contribution is 9.10. The molecule has 0 spiro atoms. The van der Waals surface area contributed by atoms with Gasteiger partial charge in [-0.15, -0.1) is 0 Å². The Labute approximate surface area is 104 Å². The van der Waals surface area contributed by atoms with Crippen LogP contribution in [0.2, 0.25) is 5.02 Å². The lowest BCUT2D eigenvalue weighted by atomic mass is 10.1. The molecule has 0 radical (unpaired) electrons. The Balaban J connectivity index is 1.94. The number of hydrogen-bond acceptors (Lipinski definition) is 2. The van der Waals surface area contributed by atoms with Crippen molar-refractivity contribution in [1.29, 1.82) is 0 Å². The molecule has 1 aromatic heterocycles. The van der Waals surface area contributed by atoms with Gasteiger partial charge in [-0.3, -0.25) is 0 Å². The number of nitrogens with one attached hydrogen (secondary N) is 1. The van der Waals surface area contributed by atoms with Gasteiger partial charge >= 0.3 is 0 Å². The van der Waals surface area contributed by atoms with Gasteiger partial charge in [0.2, 0.25) is 0 Å². The van der Waals surface area contributed by atoms with Gasteiger partial charge in [-0.1, -0.05) is 25.4 Å². The number of aromatic nitrogens is 1. The summed E-state index contributed by atoms with van der Waals surface area (Å²) in [4.78, 5) is 4.24. The lowest BCUT2D eigenvalue weighted by molar-refractivity contribution is 0.573. The highest BCUT2D eigenvalue weighted by atomic mass is 79.9. The minimum atomic E-state index is 0.506. The van der Waals surface area contributed by atoms with Gasteiger partial charge < -0.3 is 5.32 Å². The largest absolute Gasteiger partial charge is 0.369 e. The standard InChI is InChI=1S/C11H14BrClN2/c1-11(2)4-7(11)5-14-10-9(12)3-8(13)6-15-10/h3,6-7H,4-5H2,1-2H3,(H,14,15). The van der Waals surface area contributed by atoms with Gasteiger partial charge in [-0.05, 0) is 39.8 Å². The summed E-state index contributed by atoms with van der Waals surface area (Å²) in [6.45, 7) is 5.58. The molecular weight excluding hydrogens is 275 g/mol. The Kier molecular flexibility index (Phi) is 2.95. The van der Waals surface area contributed by atoms with Crippen LogP contribution in [0.3, 0.4) is 0 Å². The van der Waals surface area contributed by atoms with Crippen molar-refractivity contribution in [2.24, 2.45) is 11.3 Å². The van der Waals surface area contributed by atoms with E-state index in [1.807, 2.05) is 6.07 Å². The summed E-state index contributed by atoms with van der Waals surface area (Å²) >= 11 is 9.25. The van der Waals surface area contributed by atoms with E-state index in [1.165, 1.54) is 6.42 Å². The first-order valence-corrected chi connectivity index (χ1v) is 6.21. The van der Waals surface area contributed by atoms with Crippen molar-refractivity contribution in [2.75, 3.05) is 11.9 Å². The molecule has 0 saturated heterocycles. The molecule has 2 nitrogen and oxygen atoms in total. The van der Waals surface area contributed by atoms with Crippen molar-refractivity contribution in [3.05, 3.63) is 21.8 Å². The maximum atomic E-state index is 5.82. The number of hydrogen-bond donors (Lipinski definition) is 1. The number of rotatable bonds is 3. The third-order valence-corrected chi connectivity index (χ3v) is 3.85. The molecule has 0 amide bonds. The van der Waals surface area contributed by atoms with Crippen molar-refractivity contribution in [3.63, 3.8) is 0 Å². The van der Waals surface area contributed by atoms with Crippen LogP contribution in [0.15, 0.2) is 16.7 Å². The van der Waals surface area contributed by atoms with Crippen LogP contribution in [0.4, 0.5) is 5.82 Å². The van der Waals surface area contributed by atoms with Crippen LogP contribution in [0.5, 0.6) is 0 Å². The first kappa shape index (κ1) is 11.2. The van der Waals surface area contributed by atoms with Crippen molar-refractivity contribution in [1.82, 2.24) is 4.98 Å². The summed E-state index contributed by atoms with van der Waals surface area (Å²) in [5.41, 5.74) is 0.506. The third-order valence-electron chi connectivity index (χ3n) is 3.04. The lowest BCUT2D eigenvalue weighted by Gasteiger charge is -2.08. The highest BCUT2D eigenvalue weighted by Gasteiger charge is 2.45. The molecule has 4 heteroatoms. The quantitative estimate of drug-likeness (QED) is 0.911. The van der Waals surface area contributed by atoms with Gasteiger partial charge in [-0.2, -0.15) is 0 Å². The zero-order chi connectivity index (χ0) is 11.1. The van der Waals surface area contributed by atoms with Crippen LogP contribution >= 0.6 is 27.5 Å². The molecule has 82 valence electrons. The van der Waals surface area contributed by atoms with Crippen molar-refractivity contribution >= 4 is 33.3 Å². The van der Waals surface area contributed by atoms with E-state index < -0.39 is 0 Å². The second-order valence-electron chi connectivity index (χ2n) is 4.75. The van der Waals surface area contributed by atoms with E-state index in [0.29, 0.717) is 10.4 Å². The second kappa shape index (κ2) is 3.95. The average Bonchev–Trinajstić information content (AvgIpc) is 2.73. The van der Waals surface area contributed by atoms with Crippen LogP contribution in [0.25, 0.3) is 0 Å². The number of anilines is 1. The van der Waals surface area contributed by atoms with Crippen LogP contribution in [0, 0.1) is 11.3 Å². The molecule has 1 aliphatic rings. The summed E-state index contributed by atoms with van der Waals surface area (Å²) in [5, 5.41) is 3.99. The zero-order valence-electron chi connectivity index (χ0n) is 8.85. The van der Waals surface area contributed by atoms with E-state index >= 15 is 0 Å². The second-order valence-corrected chi connectivity index (χ2v) is 6.05. The maximum Gasteiger partial charge on any atom is 0.140 e. The normalized spacial score (nSPS) is 22.5. The molecule has 1 saturated carbocycles. The SMILES string of the molecule is CC1(C)CC1CNc1ncc(Cl)cc1Br. The van der Waals surface area contributed by atoms with Crippen LogP contribution in [-0.2, 0) is 0 Å². The minimum Gasteiger partial charge on any atom is -0.369 e. The molecule has 0 aromatic carbocycles. The topological polar surface area (TPSA) is 24.9 Å². The molecule has 1 unspecified atom stereocenters. The Hall–Kier alpha value is -0.280. The molecule has 1 heterocycles. The Morgan fingerprint density at radius 1 is 1.67 bits per heavy atom. The van der Waals surface area contributed by atoms with E-state index in [-0.39, 0.29) is 0 Å². The molecule has 1 fully saturated rings. The molecule has 1 aromatic rings. The monoisotopic (exact) mass is 288 g/mol. The van der Waals surface area contributed by atoms with Crippen LogP contribution < -0.4 is 5.32 Å². The number of nitrogens with zero attached hydrogens (tertiary/aromatic N) is 1. The van der Waals surface area contributed by atoms with E-state index in [2.05, 4.69) is 40.1 Å². The number of pyridine rings is 1. The van der Waals surface area contributed by atoms with Gasteiger partial charge in [0.25, 0.3) is 0 Å². The van der Waals surface area contributed by atoms with Gasteiger partial charge in [0.15, 0.2) is 0 Å². The van der Waals surface area contributed by atoms with Gasteiger partial charge in [0, 0.05) is 12.7 Å². The first-order valence-electron chi connectivity index (χ1n) is 5.04. The van der Waals surface area contributed by atoms with E-state index in [1.54, 1.807) is 6.20 Å². The molecule has 1 aliphatic carbocycles. The molecule has 15 heavy (non-hydrogen) atoms. The molecule has 2 rings (SSSR count). The summed E-state index contributed by atoms with van der Waals surface area (Å²) in [6, 6.07) is 1.86. The predicted octanol–water partition coefficient (Wildman–Crippen LogP) is 3.96. The molecular formula is C11H14BrClN2. The van der Waals surface area contributed by atoms with Crippen LogP contribution in [0.1, 0.15) is 20.3 Å². The van der Waals surface area contributed by atoms with Gasteiger partial charge in [0.1, 0.15) is 5.82 Å². The first-order chi connectivity index (χ1) is 6.99. The summed E-state index contributed by atoms with van der Waals surface area (Å²) in [7, 11) is 0. The highest BCUT2D eigenvalue weighted by Crippen LogP contribution is 2.51. The van der Waals surface area contributed by atoms with Gasteiger partial charge in [0.05, 0.1) is 9.50 Å². The Morgan fingerprint density at radius 3 is 2.87 bits per heavy atom. The molecule has 1 atom stereocenters. The lowest BCUT2D eigenvalue weighted by Crippen LogP contribution is -2.08. The Bertz CT molecular complexity index is 379. The smallest absolute Gasteiger partial charge is 0.140 e.